The highest BCUT2D eigenvalue weighted by atomic mass is 32.2. The number of thioether (sulfide) groups is 1. The predicted octanol–water partition coefficient (Wildman–Crippen LogP) is 2.02. The van der Waals surface area contributed by atoms with Gasteiger partial charge in [-0.25, -0.2) is 24.5 Å². The van der Waals surface area contributed by atoms with Crippen LogP contribution in [0.3, 0.4) is 0 Å². The molecule has 2 aromatic heterocycles. The number of ether oxygens (including phenoxy) is 5. The van der Waals surface area contributed by atoms with Gasteiger partial charge in [0, 0.05) is 5.75 Å². The standard InChI is InChI=1S/C23H34N6O7S/c1-22(2,3)36-21(31)28-12(20(30)32-6)7-8-37-9-13-15-16(35-23(4,5)34-15)19(33-13)29-11-27-14-17(24)25-10-26-18(14)29/h10-13,15-16,19H,7-9H2,1-6H3,(H,28,31)(H2,24,25,26)/t12?,13-,15-,16-,19-/m1/s1. The summed E-state index contributed by atoms with van der Waals surface area (Å²) < 4.78 is 30.6. The molecule has 0 bridgehead atoms. The topological polar surface area (TPSA) is 162 Å². The lowest BCUT2D eigenvalue weighted by atomic mass is 10.1. The number of imidazole rings is 1. The molecule has 0 aliphatic carbocycles. The van der Waals surface area contributed by atoms with Crippen LogP contribution in [0.15, 0.2) is 12.7 Å². The largest absolute Gasteiger partial charge is 0.467 e. The lowest BCUT2D eigenvalue weighted by Gasteiger charge is -2.25. The zero-order chi connectivity index (χ0) is 27.0. The number of fused-ring (bicyclic) bond motifs is 2. The number of rotatable bonds is 8. The Bertz CT molecular complexity index is 1140. The number of esters is 1. The molecule has 204 valence electrons. The number of nitrogens with one attached hydrogen (secondary N) is 1. The van der Waals surface area contributed by atoms with E-state index in [9.17, 15) is 9.59 Å². The first-order chi connectivity index (χ1) is 17.4. The number of anilines is 1. The molecule has 2 aliphatic rings. The van der Waals surface area contributed by atoms with E-state index in [2.05, 4.69) is 20.3 Å². The van der Waals surface area contributed by atoms with Crippen molar-refractivity contribution in [3.63, 3.8) is 0 Å². The second kappa shape index (κ2) is 10.6. The number of nitrogen functional groups attached to an aromatic ring is 1. The van der Waals surface area contributed by atoms with Crippen molar-refractivity contribution in [1.29, 1.82) is 0 Å². The molecule has 37 heavy (non-hydrogen) atoms. The summed E-state index contributed by atoms with van der Waals surface area (Å²) in [6, 6.07) is -0.829. The third-order valence-electron chi connectivity index (χ3n) is 5.80. The lowest BCUT2D eigenvalue weighted by molar-refractivity contribution is -0.193. The average molecular weight is 539 g/mol. The maximum Gasteiger partial charge on any atom is 0.408 e. The van der Waals surface area contributed by atoms with Crippen LogP contribution in [0.2, 0.25) is 0 Å². The van der Waals surface area contributed by atoms with Crippen molar-refractivity contribution >= 4 is 40.8 Å². The Kier molecular flexibility index (Phi) is 7.83. The molecule has 0 saturated carbocycles. The van der Waals surface area contributed by atoms with Crippen molar-refractivity contribution in [3.05, 3.63) is 12.7 Å². The summed E-state index contributed by atoms with van der Waals surface area (Å²) in [4.78, 5) is 37.0. The van der Waals surface area contributed by atoms with Gasteiger partial charge in [-0.05, 0) is 46.8 Å². The first kappa shape index (κ1) is 27.4. The van der Waals surface area contributed by atoms with Crippen molar-refractivity contribution in [1.82, 2.24) is 24.8 Å². The van der Waals surface area contributed by atoms with E-state index in [1.54, 1.807) is 43.4 Å². The van der Waals surface area contributed by atoms with Crippen LogP contribution in [0.4, 0.5) is 10.6 Å². The molecule has 1 amide bonds. The summed E-state index contributed by atoms with van der Waals surface area (Å²) in [5.74, 6) is 0.0966. The van der Waals surface area contributed by atoms with Crippen LogP contribution in [0.25, 0.3) is 11.2 Å². The molecule has 5 atom stereocenters. The molecule has 1 unspecified atom stereocenters. The first-order valence-corrected chi connectivity index (χ1v) is 13.1. The molecule has 3 N–H and O–H groups in total. The minimum absolute atomic E-state index is 0.287. The summed E-state index contributed by atoms with van der Waals surface area (Å²) >= 11 is 1.57. The molecule has 0 spiro atoms. The Morgan fingerprint density at radius 1 is 1.24 bits per heavy atom. The van der Waals surface area contributed by atoms with Crippen molar-refractivity contribution in [2.75, 3.05) is 24.3 Å². The highest BCUT2D eigenvalue weighted by molar-refractivity contribution is 7.99. The molecule has 2 aliphatic heterocycles. The van der Waals surface area contributed by atoms with Gasteiger partial charge in [0.1, 0.15) is 35.7 Å². The van der Waals surface area contributed by atoms with Crippen LogP contribution >= 0.6 is 11.8 Å². The number of aromatic nitrogens is 4. The van der Waals surface area contributed by atoms with Crippen LogP contribution in [-0.2, 0) is 28.5 Å². The maximum atomic E-state index is 12.2. The number of methoxy groups -OCH3 is 1. The van der Waals surface area contributed by atoms with Gasteiger partial charge in [-0.15, -0.1) is 0 Å². The molecule has 4 heterocycles. The number of nitrogens with zero attached hydrogens (tertiary/aromatic N) is 4. The van der Waals surface area contributed by atoms with Crippen molar-refractivity contribution in [3.8, 4) is 0 Å². The summed E-state index contributed by atoms with van der Waals surface area (Å²) in [6.45, 7) is 8.98. The van der Waals surface area contributed by atoms with E-state index in [0.717, 1.165) is 0 Å². The summed E-state index contributed by atoms with van der Waals surface area (Å²) in [5, 5.41) is 2.59. The second-order valence-corrected chi connectivity index (χ2v) is 11.4. The molecule has 2 saturated heterocycles. The Morgan fingerprint density at radius 3 is 2.68 bits per heavy atom. The molecule has 2 aromatic rings. The van der Waals surface area contributed by atoms with Crippen LogP contribution in [0, 0.1) is 0 Å². The average Bonchev–Trinajstić information content (AvgIpc) is 3.45. The highest BCUT2D eigenvalue weighted by Crippen LogP contribution is 2.44. The molecule has 14 heteroatoms. The second-order valence-electron chi connectivity index (χ2n) is 10.3. The Hall–Kier alpha value is -2.68. The van der Waals surface area contributed by atoms with Crippen LogP contribution < -0.4 is 11.1 Å². The third-order valence-corrected chi connectivity index (χ3v) is 6.88. The van der Waals surface area contributed by atoms with Crippen LogP contribution in [0.1, 0.15) is 47.3 Å². The fourth-order valence-corrected chi connectivity index (χ4v) is 5.38. The van der Waals surface area contributed by atoms with Crippen molar-refractivity contribution < 1.29 is 33.3 Å². The van der Waals surface area contributed by atoms with Gasteiger partial charge in [-0.2, -0.15) is 11.8 Å². The van der Waals surface area contributed by atoms with Crippen LogP contribution in [0.5, 0.6) is 0 Å². The van der Waals surface area contributed by atoms with Gasteiger partial charge in [0.25, 0.3) is 0 Å². The summed E-state index contributed by atoms with van der Waals surface area (Å²) in [5.41, 5.74) is 6.31. The molecule has 4 rings (SSSR count). The van der Waals surface area contributed by atoms with Gasteiger partial charge in [-0.3, -0.25) is 4.57 Å². The molecule has 13 nitrogen and oxygen atoms in total. The van der Waals surface area contributed by atoms with Gasteiger partial charge in [0.15, 0.2) is 23.5 Å². The van der Waals surface area contributed by atoms with Gasteiger partial charge in [-0.1, -0.05) is 0 Å². The van der Waals surface area contributed by atoms with E-state index in [-0.39, 0.29) is 24.1 Å². The van der Waals surface area contributed by atoms with E-state index in [0.29, 0.717) is 29.1 Å². The molecular formula is C23H34N6O7S. The third kappa shape index (κ3) is 6.25. The number of nitrogens with two attached hydrogens (primary N) is 1. The van der Waals surface area contributed by atoms with Crippen molar-refractivity contribution in [2.45, 2.75) is 83.0 Å². The first-order valence-electron chi connectivity index (χ1n) is 12.0. The fourth-order valence-electron chi connectivity index (χ4n) is 4.32. The smallest absolute Gasteiger partial charge is 0.408 e. The normalized spacial score (nSPS) is 25.6. The Balaban J connectivity index is 1.39. The van der Waals surface area contributed by atoms with Gasteiger partial charge in [0.05, 0.1) is 19.5 Å². The van der Waals surface area contributed by atoms with E-state index >= 15 is 0 Å². The highest BCUT2D eigenvalue weighted by Gasteiger charge is 2.56. The minimum atomic E-state index is -0.829. The predicted molar refractivity (Wildman–Crippen MR) is 135 cm³/mol. The number of alkyl carbamates (subject to hydrolysis) is 1. The van der Waals surface area contributed by atoms with E-state index in [1.165, 1.54) is 13.4 Å². The van der Waals surface area contributed by atoms with Gasteiger partial charge < -0.3 is 34.7 Å². The van der Waals surface area contributed by atoms with Crippen LogP contribution in [-0.4, -0.2) is 85.9 Å². The summed E-state index contributed by atoms with van der Waals surface area (Å²) in [6.07, 6.45) is 1.16. The number of carbonyl (C=O) groups is 2. The minimum Gasteiger partial charge on any atom is -0.467 e. The van der Waals surface area contributed by atoms with E-state index in [4.69, 9.17) is 29.4 Å². The zero-order valence-corrected chi connectivity index (χ0v) is 22.6. The van der Waals surface area contributed by atoms with Gasteiger partial charge >= 0.3 is 12.1 Å². The van der Waals surface area contributed by atoms with Gasteiger partial charge in [0.2, 0.25) is 0 Å². The molecule has 0 radical (unpaired) electrons. The van der Waals surface area contributed by atoms with E-state index in [1.807, 2.05) is 13.8 Å². The Morgan fingerprint density at radius 2 is 1.97 bits per heavy atom. The van der Waals surface area contributed by atoms with Crippen molar-refractivity contribution in [2.24, 2.45) is 0 Å². The summed E-state index contributed by atoms with van der Waals surface area (Å²) in [7, 11) is 1.28. The monoisotopic (exact) mass is 538 g/mol. The number of hydrogen-bond donors (Lipinski definition) is 2. The number of hydrogen-bond acceptors (Lipinski definition) is 12. The number of carbonyl (C=O) groups excluding carboxylic acids is 2. The quantitative estimate of drug-likeness (QED) is 0.372. The fraction of sp³-hybridized carbons (Fsp3) is 0.696. The molecule has 2 fully saturated rings. The number of amides is 1. The Labute approximate surface area is 219 Å². The molecular weight excluding hydrogens is 504 g/mol. The SMILES string of the molecule is COC(=O)C(CCSC[C@H]1O[C@@H](n2cnc3c(N)ncnc32)[C@@H]2OC(C)(C)O[C@@H]21)NC(=O)OC(C)(C)C. The van der Waals surface area contributed by atoms with E-state index < -0.39 is 35.7 Å². The molecule has 0 aromatic carbocycles. The lowest BCUT2D eigenvalue weighted by Crippen LogP contribution is -2.44. The maximum absolute atomic E-state index is 12.2. The zero-order valence-electron chi connectivity index (χ0n) is 21.8.